The van der Waals surface area contributed by atoms with Gasteiger partial charge in [-0.15, -0.1) is 0 Å². The third kappa shape index (κ3) is 6.49. The molecule has 0 unspecified atom stereocenters. The summed E-state index contributed by atoms with van der Waals surface area (Å²) >= 11 is 6.02. The number of aromatic nitrogens is 3. The number of carbonyl (C=O) groups is 1. The van der Waals surface area contributed by atoms with E-state index in [1.807, 2.05) is 40.1 Å². The molecule has 1 aromatic carbocycles. The molecule has 3 aromatic rings. The van der Waals surface area contributed by atoms with Crippen molar-refractivity contribution in [3.05, 3.63) is 58.9 Å². The first kappa shape index (κ1) is 28.1. The normalized spacial score (nSPS) is 20.1. The highest BCUT2D eigenvalue weighted by molar-refractivity contribution is 6.30. The molecule has 0 amide bonds. The second-order valence-electron chi connectivity index (χ2n) is 10.5. The van der Waals surface area contributed by atoms with E-state index in [9.17, 15) is 10.1 Å². The lowest BCUT2D eigenvalue weighted by atomic mass is 10.1. The molecular weight excluding hydrogens is 533 g/mol. The highest BCUT2D eigenvalue weighted by atomic mass is 35.5. The number of hydrogen-bond donors (Lipinski definition) is 0. The van der Waals surface area contributed by atoms with E-state index in [0.717, 1.165) is 24.9 Å². The Bertz CT molecular complexity index is 1390. The van der Waals surface area contributed by atoms with Crippen LogP contribution in [0, 0.1) is 17.1 Å². The molecule has 210 valence electrons. The van der Waals surface area contributed by atoms with Crippen LogP contribution < -0.4 is 4.90 Å². The summed E-state index contributed by atoms with van der Waals surface area (Å²) in [5.74, 6) is 0.146. The number of likely N-dealkylation sites (tertiary alicyclic amines) is 1. The summed E-state index contributed by atoms with van der Waals surface area (Å²) in [5, 5.41) is 9.80. The van der Waals surface area contributed by atoms with Crippen molar-refractivity contribution in [2.24, 2.45) is 0 Å². The highest BCUT2D eigenvalue weighted by Gasteiger charge is 2.31. The fourth-order valence-electron chi connectivity index (χ4n) is 5.60. The number of esters is 1. The molecule has 0 spiro atoms. The number of fused-ring (bicyclic) bond motifs is 1. The van der Waals surface area contributed by atoms with E-state index >= 15 is 4.39 Å². The minimum absolute atomic E-state index is 0.0868. The topological polar surface area (TPSA) is 98.5 Å². The smallest absolute Gasteiger partial charge is 0.320 e. The molecule has 2 saturated heterocycles. The third-order valence-corrected chi connectivity index (χ3v) is 8.11. The van der Waals surface area contributed by atoms with Gasteiger partial charge < -0.3 is 14.5 Å². The second-order valence-corrected chi connectivity index (χ2v) is 10.8. The molecule has 0 saturated carbocycles. The first-order valence-electron chi connectivity index (χ1n) is 13.7. The van der Waals surface area contributed by atoms with Gasteiger partial charge in [-0.05, 0) is 38.4 Å². The summed E-state index contributed by atoms with van der Waals surface area (Å²) in [6.45, 7) is 2.87. The molecule has 2 aliphatic heterocycles. The first-order valence-corrected chi connectivity index (χ1v) is 14.1. The zero-order valence-corrected chi connectivity index (χ0v) is 23.4. The molecular formula is C29H33ClFN7O2. The van der Waals surface area contributed by atoms with Gasteiger partial charge in [0.2, 0.25) is 0 Å². The fraction of sp³-hybridized carbons (Fsp3) is 0.483. The number of ether oxygens (including phenoxy) is 1. The van der Waals surface area contributed by atoms with Crippen molar-refractivity contribution in [1.82, 2.24) is 24.8 Å². The number of hydrogen-bond acceptors (Lipinski definition) is 9. The van der Waals surface area contributed by atoms with Crippen molar-refractivity contribution in [3.63, 3.8) is 0 Å². The van der Waals surface area contributed by atoms with Crippen LogP contribution in [-0.2, 0) is 22.6 Å². The van der Waals surface area contributed by atoms with Gasteiger partial charge in [0.1, 0.15) is 23.8 Å². The Morgan fingerprint density at radius 2 is 2.02 bits per heavy atom. The molecule has 2 atom stereocenters. The standard InChI is InChI=1S/C29H33ClFN7O2/c1-36-13-5-8-21(36)9-10-24-34-27-23(16-33-28(30)26(27)31)29(35-24)38-15-14-37(22(17-38)11-12-32)18-25(39)40-19-20-6-3-2-4-7-20/h2-4,6-7,16,21-22H,5,8-11,13-15,17-19H2,1H3/t21-,22-/m0/s1. The minimum Gasteiger partial charge on any atom is -0.460 e. The lowest BCUT2D eigenvalue weighted by Gasteiger charge is -2.41. The monoisotopic (exact) mass is 565 g/mol. The van der Waals surface area contributed by atoms with E-state index < -0.39 is 5.82 Å². The molecule has 0 aliphatic carbocycles. The summed E-state index contributed by atoms with van der Waals surface area (Å²) in [4.78, 5) is 32.4. The quantitative estimate of drug-likeness (QED) is 0.282. The molecule has 40 heavy (non-hydrogen) atoms. The number of anilines is 1. The number of pyridine rings is 1. The van der Waals surface area contributed by atoms with E-state index in [2.05, 4.69) is 28.0 Å². The van der Waals surface area contributed by atoms with E-state index in [1.54, 1.807) is 0 Å². The number of benzene rings is 1. The Hall–Kier alpha value is -3.39. The molecule has 2 aliphatic rings. The van der Waals surface area contributed by atoms with Gasteiger partial charge in [0.25, 0.3) is 0 Å². The molecule has 11 heteroatoms. The Morgan fingerprint density at radius 1 is 1.20 bits per heavy atom. The maximum absolute atomic E-state index is 15.1. The molecule has 9 nitrogen and oxygen atoms in total. The zero-order chi connectivity index (χ0) is 28.1. The van der Waals surface area contributed by atoms with Crippen LogP contribution in [0.2, 0.25) is 5.15 Å². The largest absolute Gasteiger partial charge is 0.460 e. The van der Waals surface area contributed by atoms with Gasteiger partial charge in [-0.1, -0.05) is 41.9 Å². The number of nitriles is 1. The number of nitrogens with zero attached hydrogens (tertiary/aromatic N) is 7. The van der Waals surface area contributed by atoms with Gasteiger partial charge in [-0.3, -0.25) is 9.69 Å². The number of rotatable bonds is 9. The maximum Gasteiger partial charge on any atom is 0.320 e. The van der Waals surface area contributed by atoms with Crippen molar-refractivity contribution < 1.29 is 13.9 Å². The summed E-state index contributed by atoms with van der Waals surface area (Å²) in [7, 11) is 2.13. The van der Waals surface area contributed by atoms with Crippen LogP contribution >= 0.6 is 11.6 Å². The Balaban J connectivity index is 1.33. The van der Waals surface area contributed by atoms with Crippen LogP contribution in [0.3, 0.4) is 0 Å². The van der Waals surface area contributed by atoms with Crippen LogP contribution in [-0.4, -0.2) is 82.6 Å². The zero-order valence-electron chi connectivity index (χ0n) is 22.6. The van der Waals surface area contributed by atoms with Crippen molar-refractivity contribution in [2.45, 2.75) is 50.8 Å². The van der Waals surface area contributed by atoms with Gasteiger partial charge in [0, 0.05) is 44.3 Å². The van der Waals surface area contributed by atoms with Gasteiger partial charge in [0.05, 0.1) is 24.4 Å². The fourth-order valence-corrected chi connectivity index (χ4v) is 5.74. The number of piperazine rings is 1. The summed E-state index contributed by atoms with van der Waals surface area (Å²) in [5.41, 5.74) is 1.07. The maximum atomic E-state index is 15.1. The molecule has 2 aromatic heterocycles. The van der Waals surface area contributed by atoms with Gasteiger partial charge in [-0.2, -0.15) is 5.26 Å². The van der Waals surface area contributed by atoms with E-state index in [4.69, 9.17) is 21.3 Å². The van der Waals surface area contributed by atoms with Crippen molar-refractivity contribution in [1.29, 1.82) is 5.26 Å². The summed E-state index contributed by atoms with van der Waals surface area (Å²) in [6.07, 6.45) is 5.55. The van der Waals surface area contributed by atoms with E-state index in [-0.39, 0.29) is 42.3 Å². The predicted molar refractivity (Wildman–Crippen MR) is 150 cm³/mol. The van der Waals surface area contributed by atoms with Gasteiger partial charge >= 0.3 is 5.97 Å². The van der Waals surface area contributed by atoms with Crippen molar-refractivity contribution in [2.75, 3.05) is 44.7 Å². The minimum atomic E-state index is -0.657. The average molecular weight is 566 g/mol. The third-order valence-electron chi connectivity index (χ3n) is 7.85. The van der Waals surface area contributed by atoms with Crippen LogP contribution in [0.1, 0.15) is 37.1 Å². The molecule has 0 N–H and O–H groups in total. The first-order chi connectivity index (χ1) is 19.4. The lowest BCUT2D eigenvalue weighted by molar-refractivity contribution is -0.147. The van der Waals surface area contributed by atoms with E-state index in [1.165, 1.54) is 12.6 Å². The van der Waals surface area contributed by atoms with Gasteiger partial charge in [-0.25, -0.2) is 19.3 Å². The Kier molecular flexibility index (Phi) is 9.04. The summed E-state index contributed by atoms with van der Waals surface area (Å²) in [6, 6.07) is 12.0. The van der Waals surface area contributed by atoms with Crippen molar-refractivity contribution >= 4 is 34.3 Å². The number of halogens is 2. The average Bonchev–Trinajstić information content (AvgIpc) is 3.38. The van der Waals surface area contributed by atoms with Crippen LogP contribution in [0.25, 0.3) is 10.9 Å². The molecule has 4 heterocycles. The highest BCUT2D eigenvalue weighted by Crippen LogP contribution is 2.30. The van der Waals surface area contributed by atoms with Crippen LogP contribution in [0.4, 0.5) is 10.2 Å². The SMILES string of the molecule is CN1CCC[C@H]1CCc1nc(N2CCN(CC(=O)OCc3ccccc3)[C@@H](CC#N)C2)c2cnc(Cl)c(F)c2n1. The van der Waals surface area contributed by atoms with Gasteiger partial charge in [0.15, 0.2) is 11.0 Å². The molecule has 0 bridgehead atoms. The molecule has 0 radical (unpaired) electrons. The Morgan fingerprint density at radius 3 is 2.77 bits per heavy atom. The molecule has 2 fully saturated rings. The lowest BCUT2D eigenvalue weighted by Crippen LogP contribution is -2.54. The number of aryl methyl sites for hydroxylation is 1. The van der Waals surface area contributed by atoms with Crippen LogP contribution in [0.15, 0.2) is 36.5 Å². The number of carbonyl (C=O) groups excluding carboxylic acids is 1. The predicted octanol–water partition coefficient (Wildman–Crippen LogP) is 3.99. The van der Waals surface area contributed by atoms with Crippen molar-refractivity contribution in [3.8, 4) is 6.07 Å². The Labute approximate surface area is 238 Å². The van der Waals surface area contributed by atoms with E-state index in [0.29, 0.717) is 49.1 Å². The second kappa shape index (κ2) is 12.9. The molecule has 5 rings (SSSR count). The summed E-state index contributed by atoms with van der Waals surface area (Å²) < 4.78 is 20.6. The van der Waals surface area contributed by atoms with Crippen LogP contribution in [0.5, 0.6) is 0 Å².